The lowest BCUT2D eigenvalue weighted by atomic mass is 10.1. The first-order chi connectivity index (χ1) is 14.7. The highest BCUT2D eigenvalue weighted by atomic mass is 32.2. The van der Waals surface area contributed by atoms with Gasteiger partial charge in [0.05, 0.1) is 12.4 Å². The van der Waals surface area contributed by atoms with Gasteiger partial charge in [0.25, 0.3) is 0 Å². The lowest BCUT2D eigenvalue weighted by molar-refractivity contribution is -0.118. The summed E-state index contributed by atoms with van der Waals surface area (Å²) in [5.74, 6) is -0.0734. The zero-order valence-electron chi connectivity index (χ0n) is 17.6. The molecule has 170 valence electrons. The number of fused-ring (bicyclic) bond motifs is 1. The van der Waals surface area contributed by atoms with Gasteiger partial charge in [0, 0.05) is 19.1 Å². The van der Waals surface area contributed by atoms with Crippen molar-refractivity contribution in [2.75, 3.05) is 25.4 Å². The standard InChI is InChI=1S/C21H28FN3O5S/c1-14-17-10-19(30-13-15-5-6-15)18(22)9-16(17)11-25(14)31(28,29)8-4-2-3-7-24-12-20(26)23-21(24)27/h9-10,14-15H,2-8,11-13H2,1H3,(H,23,26,27). The first-order valence-electron chi connectivity index (χ1n) is 10.8. The minimum Gasteiger partial charge on any atom is -0.490 e. The molecule has 1 aromatic rings. The average molecular weight is 454 g/mol. The molecule has 2 fully saturated rings. The van der Waals surface area contributed by atoms with Gasteiger partial charge in [-0.05, 0) is 61.8 Å². The minimum absolute atomic E-state index is 0.00995. The molecule has 2 aliphatic heterocycles. The van der Waals surface area contributed by atoms with E-state index in [1.165, 1.54) is 15.3 Å². The van der Waals surface area contributed by atoms with Gasteiger partial charge in [-0.15, -0.1) is 0 Å². The van der Waals surface area contributed by atoms with Gasteiger partial charge >= 0.3 is 6.03 Å². The molecule has 10 heteroatoms. The molecule has 1 saturated heterocycles. The maximum atomic E-state index is 14.4. The minimum atomic E-state index is -3.51. The molecule has 0 aromatic heterocycles. The van der Waals surface area contributed by atoms with Crippen molar-refractivity contribution >= 4 is 22.0 Å². The van der Waals surface area contributed by atoms with Crippen molar-refractivity contribution < 1.29 is 27.1 Å². The van der Waals surface area contributed by atoms with Crippen LogP contribution in [0.4, 0.5) is 9.18 Å². The quantitative estimate of drug-likeness (QED) is 0.434. The third-order valence-corrected chi connectivity index (χ3v) is 8.09. The van der Waals surface area contributed by atoms with Gasteiger partial charge in [-0.2, -0.15) is 4.31 Å². The van der Waals surface area contributed by atoms with Gasteiger partial charge < -0.3 is 9.64 Å². The largest absolute Gasteiger partial charge is 0.490 e. The maximum absolute atomic E-state index is 14.4. The highest BCUT2D eigenvalue weighted by Crippen LogP contribution is 2.39. The molecule has 1 unspecified atom stereocenters. The van der Waals surface area contributed by atoms with E-state index in [2.05, 4.69) is 5.32 Å². The van der Waals surface area contributed by atoms with Crippen LogP contribution in [0.25, 0.3) is 0 Å². The third-order valence-electron chi connectivity index (χ3n) is 6.13. The zero-order chi connectivity index (χ0) is 22.2. The average Bonchev–Trinajstić information content (AvgIpc) is 3.40. The number of hydrogen-bond donors (Lipinski definition) is 1. The summed E-state index contributed by atoms with van der Waals surface area (Å²) in [6.07, 6.45) is 3.92. The van der Waals surface area contributed by atoms with Gasteiger partial charge in [-0.1, -0.05) is 6.42 Å². The van der Waals surface area contributed by atoms with E-state index >= 15 is 0 Å². The Labute approximate surface area is 181 Å². The molecule has 8 nitrogen and oxygen atoms in total. The molecule has 1 N–H and O–H groups in total. The number of carbonyl (C=O) groups excluding carboxylic acids is 2. The number of hydrogen-bond acceptors (Lipinski definition) is 5. The predicted molar refractivity (Wildman–Crippen MR) is 111 cm³/mol. The molecule has 3 aliphatic rings. The third kappa shape index (κ3) is 5.01. The molecule has 0 spiro atoms. The number of carbonyl (C=O) groups is 2. The molecule has 0 bridgehead atoms. The molecule has 3 amide bonds. The van der Waals surface area contributed by atoms with Crippen LogP contribution in [0.5, 0.6) is 5.75 Å². The first-order valence-corrected chi connectivity index (χ1v) is 12.4. The Hall–Kier alpha value is -2.20. The SMILES string of the molecule is CC1c2cc(OCC3CC3)c(F)cc2CN1S(=O)(=O)CCCCCN1CC(=O)NC1=O. The van der Waals surface area contributed by atoms with Crippen molar-refractivity contribution in [2.45, 2.75) is 51.6 Å². The van der Waals surface area contributed by atoms with Gasteiger partial charge in [0.2, 0.25) is 15.9 Å². The van der Waals surface area contributed by atoms with E-state index in [1.54, 1.807) is 6.07 Å². The van der Waals surface area contributed by atoms with Gasteiger partial charge in [-0.25, -0.2) is 17.6 Å². The highest BCUT2D eigenvalue weighted by Gasteiger charge is 2.36. The summed E-state index contributed by atoms with van der Waals surface area (Å²) in [6, 6.07) is 2.28. The smallest absolute Gasteiger partial charge is 0.324 e. The van der Waals surface area contributed by atoms with E-state index < -0.39 is 21.9 Å². The van der Waals surface area contributed by atoms with Crippen molar-refractivity contribution in [3.63, 3.8) is 0 Å². The molecule has 2 heterocycles. The number of nitrogens with zero attached hydrogens (tertiary/aromatic N) is 2. The van der Waals surface area contributed by atoms with Crippen molar-refractivity contribution in [3.8, 4) is 5.75 Å². The molecule has 1 atom stereocenters. The molecule has 31 heavy (non-hydrogen) atoms. The van der Waals surface area contributed by atoms with Crippen molar-refractivity contribution in [2.24, 2.45) is 5.92 Å². The van der Waals surface area contributed by atoms with Crippen LogP contribution in [0.15, 0.2) is 12.1 Å². The molecule has 1 saturated carbocycles. The number of ether oxygens (including phenoxy) is 1. The number of halogens is 1. The maximum Gasteiger partial charge on any atom is 0.324 e. The Morgan fingerprint density at radius 1 is 1.16 bits per heavy atom. The van der Waals surface area contributed by atoms with Crippen LogP contribution in [-0.2, 0) is 21.4 Å². The summed E-state index contributed by atoms with van der Waals surface area (Å²) in [5, 5.41) is 2.22. The van der Waals surface area contributed by atoms with Crippen molar-refractivity contribution in [1.82, 2.24) is 14.5 Å². The number of nitrogens with one attached hydrogen (secondary N) is 1. The normalized spacial score (nSPS) is 21.5. The van der Waals surface area contributed by atoms with Crippen LogP contribution in [0.1, 0.15) is 56.2 Å². The van der Waals surface area contributed by atoms with Crippen LogP contribution >= 0.6 is 0 Å². The van der Waals surface area contributed by atoms with Crippen LogP contribution in [0.3, 0.4) is 0 Å². The molecule has 4 rings (SSSR count). The zero-order valence-corrected chi connectivity index (χ0v) is 18.4. The lowest BCUT2D eigenvalue weighted by Crippen LogP contribution is -2.31. The summed E-state index contributed by atoms with van der Waals surface area (Å²) in [5.41, 5.74) is 1.47. The fourth-order valence-corrected chi connectivity index (χ4v) is 5.82. The second-order valence-electron chi connectivity index (χ2n) is 8.61. The highest BCUT2D eigenvalue weighted by molar-refractivity contribution is 7.89. The Morgan fingerprint density at radius 3 is 2.61 bits per heavy atom. The van der Waals surface area contributed by atoms with Crippen LogP contribution in [0, 0.1) is 11.7 Å². The van der Waals surface area contributed by atoms with Gasteiger partial charge in [0.1, 0.15) is 6.54 Å². The van der Waals surface area contributed by atoms with E-state index in [4.69, 9.17) is 4.74 Å². The van der Waals surface area contributed by atoms with Crippen LogP contribution < -0.4 is 10.1 Å². The predicted octanol–water partition coefficient (Wildman–Crippen LogP) is 2.54. The van der Waals surface area contributed by atoms with Gasteiger partial charge in [0.15, 0.2) is 11.6 Å². The number of rotatable bonds is 10. The van der Waals surface area contributed by atoms with E-state index in [0.717, 1.165) is 18.4 Å². The number of urea groups is 1. The molecule has 0 radical (unpaired) electrons. The van der Waals surface area contributed by atoms with E-state index in [9.17, 15) is 22.4 Å². The fraction of sp³-hybridized carbons (Fsp3) is 0.619. The van der Waals surface area contributed by atoms with E-state index in [-0.39, 0.29) is 36.5 Å². The van der Waals surface area contributed by atoms with Crippen molar-refractivity contribution in [3.05, 3.63) is 29.1 Å². The lowest BCUT2D eigenvalue weighted by Gasteiger charge is -2.21. The number of benzene rings is 1. The number of imide groups is 1. The Bertz CT molecular complexity index is 979. The van der Waals surface area contributed by atoms with Crippen LogP contribution in [0.2, 0.25) is 0 Å². The summed E-state index contributed by atoms with van der Waals surface area (Å²) < 4.78 is 47.2. The summed E-state index contributed by atoms with van der Waals surface area (Å²) >= 11 is 0. The Kier molecular flexibility index (Phi) is 6.20. The first kappa shape index (κ1) is 22.0. The van der Waals surface area contributed by atoms with E-state index in [1.807, 2.05) is 6.92 Å². The second-order valence-corrected chi connectivity index (χ2v) is 10.6. The Morgan fingerprint density at radius 2 is 1.94 bits per heavy atom. The fourth-order valence-electron chi connectivity index (χ4n) is 4.08. The molecular weight excluding hydrogens is 425 g/mol. The number of unbranched alkanes of at least 4 members (excludes halogenated alkanes) is 2. The summed E-state index contributed by atoms with van der Waals surface area (Å²) in [6.45, 7) is 2.96. The van der Waals surface area contributed by atoms with E-state index in [0.29, 0.717) is 43.9 Å². The van der Waals surface area contributed by atoms with Crippen LogP contribution in [-0.4, -0.2) is 55.0 Å². The number of sulfonamides is 1. The van der Waals surface area contributed by atoms with Gasteiger partial charge in [-0.3, -0.25) is 10.1 Å². The summed E-state index contributed by atoms with van der Waals surface area (Å²) in [7, 11) is -3.51. The summed E-state index contributed by atoms with van der Waals surface area (Å²) in [4.78, 5) is 24.1. The molecular formula is C21H28FN3O5S. The van der Waals surface area contributed by atoms with Crippen molar-refractivity contribution in [1.29, 1.82) is 0 Å². The second kappa shape index (κ2) is 8.74. The monoisotopic (exact) mass is 453 g/mol. The number of amides is 3. The Balaban J connectivity index is 1.29. The molecule has 1 aliphatic carbocycles. The molecule has 1 aromatic carbocycles. The topological polar surface area (TPSA) is 96.0 Å².